The molecule has 1 aromatic heterocycles. The van der Waals surface area contributed by atoms with Crippen LogP contribution in [0.15, 0.2) is 6.07 Å². The monoisotopic (exact) mass is 216 g/mol. The molecule has 0 bridgehead atoms. The van der Waals surface area contributed by atoms with Crippen molar-refractivity contribution in [3.05, 3.63) is 17.5 Å². The van der Waals surface area contributed by atoms with Crippen LogP contribution in [0.25, 0.3) is 0 Å². The standard InChI is InChI=1S/C10H14F2N2O/c1-2-6-3-4-14-8(9(6)15)5-7(13-14)10(11)12/h5-6,9-10,15H,2-4H2,1H3. The average Bonchev–Trinajstić information content (AvgIpc) is 2.63. The van der Waals surface area contributed by atoms with Crippen LogP contribution in [-0.2, 0) is 6.54 Å². The van der Waals surface area contributed by atoms with E-state index in [-0.39, 0.29) is 11.6 Å². The topological polar surface area (TPSA) is 38.0 Å². The van der Waals surface area contributed by atoms with E-state index in [1.807, 2.05) is 6.92 Å². The fourth-order valence-corrected chi connectivity index (χ4v) is 2.09. The van der Waals surface area contributed by atoms with Crippen LogP contribution in [0.5, 0.6) is 0 Å². The highest BCUT2D eigenvalue weighted by atomic mass is 19.3. The van der Waals surface area contributed by atoms with Gasteiger partial charge in [-0.1, -0.05) is 13.3 Å². The molecule has 0 aromatic carbocycles. The summed E-state index contributed by atoms with van der Waals surface area (Å²) in [5.74, 6) is 0.166. The van der Waals surface area contributed by atoms with Crippen molar-refractivity contribution in [1.29, 1.82) is 0 Å². The second-order valence-corrected chi connectivity index (χ2v) is 3.92. The van der Waals surface area contributed by atoms with E-state index in [9.17, 15) is 13.9 Å². The lowest BCUT2D eigenvalue weighted by atomic mass is 9.91. The van der Waals surface area contributed by atoms with Gasteiger partial charge in [-0.05, 0) is 18.4 Å². The van der Waals surface area contributed by atoms with Gasteiger partial charge in [0.05, 0.1) is 11.8 Å². The summed E-state index contributed by atoms with van der Waals surface area (Å²) in [4.78, 5) is 0. The normalized spacial score (nSPS) is 25.7. The maximum atomic E-state index is 12.4. The van der Waals surface area contributed by atoms with Crippen LogP contribution in [0.3, 0.4) is 0 Å². The molecule has 2 atom stereocenters. The molecule has 2 unspecified atom stereocenters. The van der Waals surface area contributed by atoms with Gasteiger partial charge in [0.2, 0.25) is 0 Å². The van der Waals surface area contributed by atoms with Crippen molar-refractivity contribution in [1.82, 2.24) is 9.78 Å². The number of aryl methyl sites for hydroxylation is 1. The van der Waals surface area contributed by atoms with Gasteiger partial charge in [-0.3, -0.25) is 4.68 Å². The summed E-state index contributed by atoms with van der Waals surface area (Å²) < 4.78 is 26.3. The summed E-state index contributed by atoms with van der Waals surface area (Å²) in [5, 5.41) is 13.7. The van der Waals surface area contributed by atoms with Crippen molar-refractivity contribution >= 4 is 0 Å². The molecule has 0 radical (unpaired) electrons. The predicted molar refractivity (Wildman–Crippen MR) is 50.5 cm³/mol. The van der Waals surface area contributed by atoms with E-state index in [1.165, 1.54) is 10.7 Å². The Labute approximate surface area is 86.7 Å². The molecule has 2 rings (SSSR count). The lowest BCUT2D eigenvalue weighted by Gasteiger charge is -2.27. The largest absolute Gasteiger partial charge is 0.387 e. The van der Waals surface area contributed by atoms with Crippen LogP contribution in [0.4, 0.5) is 8.78 Å². The first-order valence-corrected chi connectivity index (χ1v) is 5.17. The van der Waals surface area contributed by atoms with Gasteiger partial charge in [0.1, 0.15) is 5.69 Å². The number of aliphatic hydroxyl groups excluding tert-OH is 1. The molecule has 3 nitrogen and oxygen atoms in total. The number of aromatic nitrogens is 2. The van der Waals surface area contributed by atoms with Gasteiger partial charge in [0, 0.05) is 6.54 Å². The molecule has 1 aliphatic rings. The van der Waals surface area contributed by atoms with E-state index in [0.29, 0.717) is 12.2 Å². The summed E-state index contributed by atoms with van der Waals surface area (Å²) >= 11 is 0. The molecule has 5 heteroatoms. The number of aliphatic hydroxyl groups is 1. The molecule has 15 heavy (non-hydrogen) atoms. The Balaban J connectivity index is 2.31. The van der Waals surface area contributed by atoms with E-state index in [0.717, 1.165) is 12.8 Å². The van der Waals surface area contributed by atoms with Crippen LogP contribution in [0, 0.1) is 5.92 Å². The molecule has 1 aromatic rings. The second-order valence-electron chi connectivity index (χ2n) is 3.92. The fraction of sp³-hybridized carbons (Fsp3) is 0.700. The quantitative estimate of drug-likeness (QED) is 0.823. The van der Waals surface area contributed by atoms with Gasteiger partial charge < -0.3 is 5.11 Å². The fourth-order valence-electron chi connectivity index (χ4n) is 2.09. The van der Waals surface area contributed by atoms with E-state index in [1.54, 1.807) is 0 Å². The first kappa shape index (κ1) is 10.5. The van der Waals surface area contributed by atoms with Gasteiger partial charge in [0.15, 0.2) is 0 Å². The molecule has 0 saturated heterocycles. The number of halogens is 2. The molecule has 2 heterocycles. The zero-order chi connectivity index (χ0) is 11.0. The number of fused-ring (bicyclic) bond motifs is 1. The van der Waals surface area contributed by atoms with Crippen LogP contribution < -0.4 is 0 Å². The minimum absolute atomic E-state index is 0.166. The lowest BCUT2D eigenvalue weighted by Crippen LogP contribution is -2.24. The van der Waals surface area contributed by atoms with Crippen molar-refractivity contribution in [3.63, 3.8) is 0 Å². The van der Waals surface area contributed by atoms with Gasteiger partial charge >= 0.3 is 0 Å². The van der Waals surface area contributed by atoms with Gasteiger partial charge in [-0.2, -0.15) is 5.10 Å². The molecule has 84 valence electrons. The highest BCUT2D eigenvalue weighted by Gasteiger charge is 2.29. The van der Waals surface area contributed by atoms with Crippen molar-refractivity contribution < 1.29 is 13.9 Å². The van der Waals surface area contributed by atoms with E-state index in [4.69, 9.17) is 0 Å². The number of nitrogens with zero attached hydrogens (tertiary/aromatic N) is 2. The van der Waals surface area contributed by atoms with Crippen molar-refractivity contribution in [2.24, 2.45) is 5.92 Å². The Hall–Kier alpha value is -0.970. The molecule has 0 saturated carbocycles. The first-order chi connectivity index (χ1) is 7.13. The van der Waals surface area contributed by atoms with E-state index in [2.05, 4.69) is 5.10 Å². The van der Waals surface area contributed by atoms with Crippen LogP contribution >= 0.6 is 0 Å². The number of alkyl halides is 2. The summed E-state index contributed by atoms with van der Waals surface area (Å²) in [6, 6.07) is 1.32. The predicted octanol–water partition coefficient (Wildman–Crippen LogP) is 2.28. The van der Waals surface area contributed by atoms with Gasteiger partial charge in [0.25, 0.3) is 6.43 Å². The van der Waals surface area contributed by atoms with Crippen molar-refractivity contribution in [2.75, 3.05) is 0 Å². The first-order valence-electron chi connectivity index (χ1n) is 5.17. The zero-order valence-electron chi connectivity index (χ0n) is 8.53. The zero-order valence-corrected chi connectivity index (χ0v) is 8.53. The summed E-state index contributed by atoms with van der Waals surface area (Å²) in [5.41, 5.74) is 0.296. The Bertz CT molecular complexity index is 351. The molecule has 0 aliphatic carbocycles. The maximum Gasteiger partial charge on any atom is 0.282 e. The molecular weight excluding hydrogens is 202 g/mol. The second kappa shape index (κ2) is 3.89. The minimum Gasteiger partial charge on any atom is -0.387 e. The highest BCUT2D eigenvalue weighted by Crippen LogP contribution is 2.34. The third kappa shape index (κ3) is 1.76. The average molecular weight is 216 g/mol. The molecule has 1 aliphatic heterocycles. The maximum absolute atomic E-state index is 12.4. The molecule has 0 amide bonds. The minimum atomic E-state index is -2.56. The van der Waals surface area contributed by atoms with E-state index < -0.39 is 12.5 Å². The third-order valence-corrected chi connectivity index (χ3v) is 3.04. The number of rotatable bonds is 2. The highest BCUT2D eigenvalue weighted by molar-refractivity contribution is 5.16. The van der Waals surface area contributed by atoms with E-state index >= 15 is 0 Å². The summed E-state index contributed by atoms with van der Waals surface area (Å²) in [6.45, 7) is 2.62. The van der Waals surface area contributed by atoms with Gasteiger partial charge in [-0.25, -0.2) is 8.78 Å². The Morgan fingerprint density at radius 1 is 1.67 bits per heavy atom. The lowest BCUT2D eigenvalue weighted by molar-refractivity contribution is 0.0706. The number of hydrogen-bond donors (Lipinski definition) is 1. The Morgan fingerprint density at radius 3 is 3.00 bits per heavy atom. The Kier molecular flexibility index (Phi) is 2.73. The third-order valence-electron chi connectivity index (χ3n) is 3.04. The number of hydrogen-bond acceptors (Lipinski definition) is 2. The Morgan fingerprint density at radius 2 is 2.40 bits per heavy atom. The summed E-state index contributed by atoms with van der Waals surface area (Å²) in [6.07, 6.45) is -1.55. The van der Waals surface area contributed by atoms with Crippen molar-refractivity contribution in [2.45, 2.75) is 38.8 Å². The molecule has 0 spiro atoms. The molecule has 1 N–H and O–H groups in total. The smallest absolute Gasteiger partial charge is 0.282 e. The van der Waals surface area contributed by atoms with Crippen molar-refractivity contribution in [3.8, 4) is 0 Å². The van der Waals surface area contributed by atoms with Crippen LogP contribution in [-0.4, -0.2) is 14.9 Å². The van der Waals surface area contributed by atoms with Crippen LogP contribution in [0.2, 0.25) is 0 Å². The SMILES string of the molecule is CCC1CCn2nc(C(F)F)cc2C1O. The summed E-state index contributed by atoms with van der Waals surface area (Å²) in [7, 11) is 0. The molecular formula is C10H14F2N2O. The van der Waals surface area contributed by atoms with Crippen LogP contribution in [0.1, 0.15) is 43.7 Å². The molecule has 0 fully saturated rings. The van der Waals surface area contributed by atoms with Gasteiger partial charge in [-0.15, -0.1) is 0 Å².